The van der Waals surface area contributed by atoms with Crippen LogP contribution in [0.3, 0.4) is 0 Å². The van der Waals surface area contributed by atoms with Crippen LogP contribution in [0.25, 0.3) is 97.8 Å². The van der Waals surface area contributed by atoms with Crippen LogP contribution in [0.5, 0.6) is 0 Å². The molecule has 3 nitrogen and oxygen atoms in total. The van der Waals surface area contributed by atoms with Crippen molar-refractivity contribution in [3.63, 3.8) is 0 Å². The predicted molar refractivity (Wildman–Crippen MR) is 207 cm³/mol. The van der Waals surface area contributed by atoms with Gasteiger partial charge in [-0.25, -0.2) is 15.0 Å². The lowest BCUT2D eigenvalue weighted by Gasteiger charge is -2.14. The standard InChI is InChI=1S/C45H27N3S/c1-3-12-28(13-4-1)43-46-44(29-14-5-2-6-15-29)48-45(47-43)31-22-24-36-39-26-30(23-25-40(39)49-41(36)27-31)32-20-11-21-38-35-17-8-7-16-33(35)34-18-9-10-19-37(34)42(32)38/h1-27H. The summed E-state index contributed by atoms with van der Waals surface area (Å²) < 4.78 is 2.47. The highest BCUT2D eigenvalue weighted by Gasteiger charge is 2.16. The van der Waals surface area contributed by atoms with Crippen molar-refractivity contribution in [2.24, 2.45) is 0 Å². The molecule has 0 fully saturated rings. The summed E-state index contributed by atoms with van der Waals surface area (Å²) in [4.78, 5) is 14.8. The van der Waals surface area contributed by atoms with Gasteiger partial charge in [0.2, 0.25) is 0 Å². The second kappa shape index (κ2) is 11.2. The number of rotatable bonds is 4. The number of fused-ring (bicyclic) bond motifs is 9. The van der Waals surface area contributed by atoms with Crippen molar-refractivity contribution in [2.75, 3.05) is 0 Å². The molecule has 0 N–H and O–H groups in total. The van der Waals surface area contributed by atoms with Crippen molar-refractivity contribution < 1.29 is 0 Å². The first-order valence-electron chi connectivity index (χ1n) is 16.4. The first-order valence-corrected chi connectivity index (χ1v) is 17.3. The van der Waals surface area contributed by atoms with Gasteiger partial charge in [0, 0.05) is 36.9 Å². The topological polar surface area (TPSA) is 38.7 Å². The van der Waals surface area contributed by atoms with Crippen molar-refractivity contribution in [1.29, 1.82) is 0 Å². The van der Waals surface area contributed by atoms with Crippen molar-refractivity contribution in [3.05, 3.63) is 164 Å². The van der Waals surface area contributed by atoms with E-state index in [1.165, 1.54) is 63.6 Å². The number of nitrogens with zero attached hydrogens (tertiary/aromatic N) is 3. The summed E-state index contributed by atoms with van der Waals surface area (Å²) in [6.07, 6.45) is 0. The van der Waals surface area contributed by atoms with Gasteiger partial charge in [0.1, 0.15) is 0 Å². The van der Waals surface area contributed by atoms with Crippen molar-refractivity contribution in [1.82, 2.24) is 15.0 Å². The van der Waals surface area contributed by atoms with Gasteiger partial charge in [0.05, 0.1) is 0 Å². The zero-order chi connectivity index (χ0) is 32.3. The monoisotopic (exact) mass is 641 g/mol. The molecule has 0 radical (unpaired) electrons. The molecule has 2 heterocycles. The molecule has 2 aromatic heterocycles. The number of aromatic nitrogens is 3. The predicted octanol–water partition coefficient (Wildman–Crippen LogP) is 12.4. The van der Waals surface area contributed by atoms with Gasteiger partial charge in [-0.3, -0.25) is 0 Å². The molecule has 0 spiro atoms. The quantitative estimate of drug-likeness (QED) is 0.180. The molecule has 0 aliphatic rings. The molecule has 4 heteroatoms. The van der Waals surface area contributed by atoms with Gasteiger partial charge in [-0.15, -0.1) is 11.3 Å². The largest absolute Gasteiger partial charge is 0.208 e. The molecule has 0 saturated heterocycles. The molecular weight excluding hydrogens is 615 g/mol. The van der Waals surface area contributed by atoms with Crippen LogP contribution in [0.15, 0.2) is 164 Å². The number of hydrogen-bond donors (Lipinski definition) is 0. The fraction of sp³-hybridized carbons (Fsp3) is 0. The van der Waals surface area contributed by atoms with E-state index in [0.29, 0.717) is 17.5 Å². The summed E-state index contributed by atoms with van der Waals surface area (Å²) in [5, 5.41) is 10.2. The third kappa shape index (κ3) is 4.61. The molecule has 8 aromatic carbocycles. The van der Waals surface area contributed by atoms with E-state index in [1.807, 2.05) is 72.0 Å². The van der Waals surface area contributed by atoms with E-state index in [9.17, 15) is 0 Å². The molecule has 0 aliphatic carbocycles. The van der Waals surface area contributed by atoms with E-state index in [4.69, 9.17) is 15.0 Å². The van der Waals surface area contributed by atoms with Gasteiger partial charge >= 0.3 is 0 Å². The summed E-state index contributed by atoms with van der Waals surface area (Å²) in [6, 6.07) is 58.1. The lowest BCUT2D eigenvalue weighted by atomic mass is 9.89. The Kier molecular flexibility index (Phi) is 6.36. The highest BCUT2D eigenvalue weighted by Crippen LogP contribution is 2.43. The lowest BCUT2D eigenvalue weighted by Crippen LogP contribution is -1.99. The number of benzene rings is 8. The molecule has 0 bridgehead atoms. The van der Waals surface area contributed by atoms with Crippen LogP contribution in [0, 0.1) is 0 Å². The normalized spacial score (nSPS) is 11.7. The summed E-state index contributed by atoms with van der Waals surface area (Å²) in [6.45, 7) is 0. The first-order chi connectivity index (χ1) is 24.3. The highest BCUT2D eigenvalue weighted by molar-refractivity contribution is 7.25. The molecule has 0 amide bonds. The van der Waals surface area contributed by atoms with Crippen LogP contribution in [0.2, 0.25) is 0 Å². The maximum atomic E-state index is 4.97. The minimum absolute atomic E-state index is 0.668. The van der Waals surface area contributed by atoms with Crippen LogP contribution in [-0.4, -0.2) is 15.0 Å². The Balaban J connectivity index is 1.14. The number of thiophene rings is 1. The van der Waals surface area contributed by atoms with E-state index in [2.05, 4.69) is 103 Å². The van der Waals surface area contributed by atoms with Crippen molar-refractivity contribution in [2.45, 2.75) is 0 Å². The second-order valence-corrected chi connectivity index (χ2v) is 13.5. The lowest BCUT2D eigenvalue weighted by molar-refractivity contribution is 1.07. The van der Waals surface area contributed by atoms with E-state index in [1.54, 1.807) is 0 Å². The van der Waals surface area contributed by atoms with Crippen LogP contribution in [0.4, 0.5) is 0 Å². The maximum Gasteiger partial charge on any atom is 0.164 e. The van der Waals surface area contributed by atoms with Gasteiger partial charge in [-0.2, -0.15) is 0 Å². The smallest absolute Gasteiger partial charge is 0.164 e. The summed E-state index contributed by atoms with van der Waals surface area (Å²) in [5.41, 5.74) is 5.38. The minimum atomic E-state index is 0.668. The Bertz CT molecular complexity index is 2770. The SMILES string of the molecule is c1ccc(-c2nc(-c3ccccc3)nc(-c3ccc4c(c3)sc3ccc(-c5cccc6c7ccccc7c7ccccc7c56)cc34)n2)cc1. The molecule has 0 unspecified atom stereocenters. The van der Waals surface area contributed by atoms with E-state index < -0.39 is 0 Å². The third-order valence-electron chi connectivity index (χ3n) is 9.51. The van der Waals surface area contributed by atoms with Crippen LogP contribution >= 0.6 is 11.3 Å². The molecule has 10 aromatic rings. The van der Waals surface area contributed by atoms with Gasteiger partial charge in [0.25, 0.3) is 0 Å². The van der Waals surface area contributed by atoms with E-state index >= 15 is 0 Å². The molecule has 228 valence electrons. The van der Waals surface area contributed by atoms with Crippen molar-refractivity contribution in [3.8, 4) is 45.3 Å². The Hall–Kier alpha value is -6.23. The fourth-order valence-electron chi connectivity index (χ4n) is 7.22. The molecule has 0 saturated carbocycles. The number of hydrogen-bond acceptors (Lipinski definition) is 4. The van der Waals surface area contributed by atoms with Crippen LogP contribution in [-0.2, 0) is 0 Å². The summed E-state index contributed by atoms with van der Waals surface area (Å²) in [7, 11) is 0. The Morgan fingerprint density at radius 3 is 1.45 bits per heavy atom. The highest BCUT2D eigenvalue weighted by atomic mass is 32.1. The average Bonchev–Trinajstić information content (AvgIpc) is 3.55. The fourth-order valence-corrected chi connectivity index (χ4v) is 8.34. The molecule has 0 aliphatic heterocycles. The first kappa shape index (κ1) is 27.8. The zero-order valence-electron chi connectivity index (χ0n) is 26.3. The molecular formula is C45H27N3S. The average molecular weight is 642 g/mol. The van der Waals surface area contributed by atoms with E-state index in [-0.39, 0.29) is 0 Å². The minimum Gasteiger partial charge on any atom is -0.208 e. The van der Waals surface area contributed by atoms with Crippen LogP contribution in [0.1, 0.15) is 0 Å². The summed E-state index contributed by atoms with van der Waals surface area (Å²) in [5.74, 6) is 2.00. The zero-order valence-corrected chi connectivity index (χ0v) is 27.2. The molecule has 10 rings (SSSR count). The van der Waals surface area contributed by atoms with Crippen molar-refractivity contribution >= 4 is 63.8 Å². The third-order valence-corrected chi connectivity index (χ3v) is 10.6. The molecule has 49 heavy (non-hydrogen) atoms. The summed E-state index contributed by atoms with van der Waals surface area (Å²) >= 11 is 1.81. The second-order valence-electron chi connectivity index (χ2n) is 12.4. The molecule has 0 atom stereocenters. The van der Waals surface area contributed by atoms with Crippen LogP contribution < -0.4 is 0 Å². The van der Waals surface area contributed by atoms with Gasteiger partial charge in [-0.1, -0.05) is 146 Å². The maximum absolute atomic E-state index is 4.97. The Morgan fingerprint density at radius 1 is 0.306 bits per heavy atom. The van der Waals surface area contributed by atoms with Gasteiger partial charge in [0.15, 0.2) is 17.5 Å². The van der Waals surface area contributed by atoms with E-state index in [0.717, 1.165) is 16.7 Å². The van der Waals surface area contributed by atoms with Gasteiger partial charge < -0.3 is 0 Å². The Labute approximate surface area is 286 Å². The van der Waals surface area contributed by atoms with Gasteiger partial charge in [-0.05, 0) is 61.6 Å². The Morgan fingerprint density at radius 2 is 0.816 bits per heavy atom.